The van der Waals surface area contributed by atoms with Crippen LogP contribution in [0.15, 0.2) is 144 Å². The number of nitrogens with zero attached hydrogens (tertiary/aromatic N) is 4. The minimum absolute atomic E-state index is 0.0739. The number of azo groups is 1. The van der Waals surface area contributed by atoms with E-state index in [1.165, 1.54) is 0 Å². The van der Waals surface area contributed by atoms with Crippen LogP contribution in [0.5, 0.6) is 5.88 Å². The Bertz CT molecular complexity index is 2090. The highest BCUT2D eigenvalue weighted by molar-refractivity contribution is 6.10. The number of hydrogen-bond donors (Lipinski definition) is 2. The first-order chi connectivity index (χ1) is 21.6. The summed E-state index contributed by atoms with van der Waals surface area (Å²) in [7, 11) is 0. The van der Waals surface area contributed by atoms with Gasteiger partial charge in [0.05, 0.1) is 5.52 Å². The SMILES string of the molecule is Cc1ccc2[nH]c(C(=O)N=Nc3c(O)n(CN(c4ccccc4)c4ccccc4)c4ccccc34)c(-c3ccccc3)c2c1. The van der Waals surface area contributed by atoms with Gasteiger partial charge in [0.1, 0.15) is 12.4 Å². The van der Waals surface area contributed by atoms with Crippen LogP contribution < -0.4 is 4.90 Å². The number of carbonyl (C=O) groups is 1. The highest BCUT2D eigenvalue weighted by atomic mass is 16.3. The number of fused-ring (bicyclic) bond motifs is 2. The van der Waals surface area contributed by atoms with Crippen LogP contribution in [0.25, 0.3) is 32.9 Å². The minimum Gasteiger partial charge on any atom is -0.493 e. The lowest BCUT2D eigenvalue weighted by atomic mass is 10.0. The highest BCUT2D eigenvalue weighted by Crippen LogP contribution is 2.41. The van der Waals surface area contributed by atoms with Gasteiger partial charge in [0.2, 0.25) is 5.88 Å². The first-order valence-corrected chi connectivity index (χ1v) is 14.4. The molecule has 2 N–H and O–H groups in total. The fourth-order valence-electron chi connectivity index (χ4n) is 5.70. The predicted molar refractivity (Wildman–Crippen MR) is 176 cm³/mol. The monoisotopic (exact) mass is 575 g/mol. The van der Waals surface area contributed by atoms with Crippen LogP contribution in [-0.4, -0.2) is 20.6 Å². The number of benzene rings is 5. The van der Waals surface area contributed by atoms with Crippen molar-refractivity contribution in [2.75, 3.05) is 4.90 Å². The van der Waals surface area contributed by atoms with Crippen LogP contribution in [0.3, 0.4) is 0 Å². The number of aromatic nitrogens is 2. The number of aromatic hydroxyl groups is 1. The lowest BCUT2D eigenvalue weighted by molar-refractivity contribution is 0.0991. The topological polar surface area (TPSA) is 86.0 Å². The van der Waals surface area contributed by atoms with Crippen molar-refractivity contribution >= 4 is 44.8 Å². The van der Waals surface area contributed by atoms with Crippen molar-refractivity contribution < 1.29 is 9.90 Å². The van der Waals surface area contributed by atoms with Gasteiger partial charge >= 0.3 is 5.91 Å². The zero-order valence-electron chi connectivity index (χ0n) is 24.1. The minimum atomic E-state index is -0.524. The van der Waals surface area contributed by atoms with Crippen LogP contribution in [0.1, 0.15) is 16.1 Å². The van der Waals surface area contributed by atoms with Gasteiger partial charge in [-0.2, -0.15) is 0 Å². The molecule has 0 spiro atoms. The van der Waals surface area contributed by atoms with Crippen molar-refractivity contribution in [2.24, 2.45) is 10.2 Å². The number of anilines is 2. The Morgan fingerprint density at radius 2 is 1.39 bits per heavy atom. The van der Waals surface area contributed by atoms with Gasteiger partial charge in [-0.15, -0.1) is 10.2 Å². The Hall–Kier alpha value is -5.95. The van der Waals surface area contributed by atoms with Crippen LogP contribution in [0.4, 0.5) is 17.1 Å². The second-order valence-electron chi connectivity index (χ2n) is 10.7. The number of para-hydroxylation sites is 3. The average Bonchev–Trinajstić information content (AvgIpc) is 3.58. The Morgan fingerprint density at radius 1 is 0.773 bits per heavy atom. The maximum Gasteiger partial charge on any atom is 0.312 e. The van der Waals surface area contributed by atoms with Gasteiger partial charge in [0, 0.05) is 33.2 Å². The summed E-state index contributed by atoms with van der Waals surface area (Å²) in [5, 5.41) is 21.7. The molecule has 7 aromatic rings. The molecule has 2 aromatic heterocycles. The van der Waals surface area contributed by atoms with Gasteiger partial charge in [0.25, 0.3) is 0 Å². The number of H-pyrrole nitrogens is 1. The third kappa shape index (κ3) is 4.90. The molecule has 7 nitrogen and oxygen atoms in total. The molecular weight excluding hydrogens is 546 g/mol. The molecular formula is C37H29N5O2. The maximum absolute atomic E-state index is 13.7. The Balaban J connectivity index is 1.30. The molecule has 0 fully saturated rings. The van der Waals surface area contributed by atoms with E-state index in [0.717, 1.165) is 44.5 Å². The summed E-state index contributed by atoms with van der Waals surface area (Å²) in [5.41, 5.74) is 6.92. The average molecular weight is 576 g/mol. The van der Waals surface area contributed by atoms with Gasteiger partial charge < -0.3 is 15.0 Å². The van der Waals surface area contributed by atoms with E-state index < -0.39 is 5.91 Å². The quantitative estimate of drug-likeness (QED) is 0.186. The Labute approximate surface area is 254 Å². The first-order valence-electron chi connectivity index (χ1n) is 14.4. The van der Waals surface area contributed by atoms with E-state index in [9.17, 15) is 9.90 Å². The largest absolute Gasteiger partial charge is 0.493 e. The molecule has 0 aliphatic rings. The van der Waals surface area contributed by atoms with Crippen molar-refractivity contribution in [2.45, 2.75) is 13.6 Å². The lowest BCUT2D eigenvalue weighted by Gasteiger charge is -2.26. The number of aromatic amines is 1. The van der Waals surface area contributed by atoms with Gasteiger partial charge in [-0.25, -0.2) is 0 Å². The van der Waals surface area contributed by atoms with E-state index >= 15 is 0 Å². The van der Waals surface area contributed by atoms with Gasteiger partial charge in [-0.1, -0.05) is 96.6 Å². The van der Waals surface area contributed by atoms with E-state index in [0.29, 0.717) is 17.7 Å². The van der Waals surface area contributed by atoms with Crippen LogP contribution in [0, 0.1) is 6.92 Å². The predicted octanol–water partition coefficient (Wildman–Crippen LogP) is 9.52. The zero-order valence-corrected chi connectivity index (χ0v) is 24.1. The smallest absolute Gasteiger partial charge is 0.312 e. The number of amides is 1. The Morgan fingerprint density at radius 3 is 2.07 bits per heavy atom. The van der Waals surface area contributed by atoms with Crippen molar-refractivity contribution in [1.82, 2.24) is 9.55 Å². The third-order valence-corrected chi connectivity index (χ3v) is 7.81. The molecule has 0 saturated heterocycles. The van der Waals surface area contributed by atoms with Crippen molar-refractivity contribution in [3.05, 3.63) is 145 Å². The Kier molecular flexibility index (Phi) is 6.96. The molecule has 214 valence electrons. The van der Waals surface area contributed by atoms with Crippen molar-refractivity contribution in [3.8, 4) is 17.0 Å². The molecule has 0 unspecified atom stereocenters. The molecule has 0 bridgehead atoms. The molecule has 0 atom stereocenters. The summed E-state index contributed by atoms with van der Waals surface area (Å²) >= 11 is 0. The molecule has 2 heterocycles. The van der Waals surface area contributed by atoms with E-state index in [4.69, 9.17) is 0 Å². The first kappa shape index (κ1) is 26.9. The van der Waals surface area contributed by atoms with E-state index in [1.54, 1.807) is 4.57 Å². The molecule has 44 heavy (non-hydrogen) atoms. The second kappa shape index (κ2) is 11.4. The van der Waals surface area contributed by atoms with Gasteiger partial charge in [0.15, 0.2) is 5.69 Å². The van der Waals surface area contributed by atoms with Gasteiger partial charge in [-0.3, -0.25) is 9.36 Å². The molecule has 0 radical (unpaired) electrons. The number of hydrogen-bond acceptors (Lipinski definition) is 4. The second-order valence-corrected chi connectivity index (χ2v) is 10.7. The fraction of sp³-hybridized carbons (Fsp3) is 0.0541. The molecule has 7 rings (SSSR count). The third-order valence-electron chi connectivity index (χ3n) is 7.81. The summed E-state index contributed by atoms with van der Waals surface area (Å²) in [6.07, 6.45) is 0. The van der Waals surface area contributed by atoms with E-state index in [2.05, 4.69) is 26.2 Å². The molecule has 5 aromatic carbocycles. The highest BCUT2D eigenvalue weighted by Gasteiger charge is 2.22. The van der Waals surface area contributed by atoms with E-state index in [-0.39, 0.29) is 11.6 Å². The maximum atomic E-state index is 13.7. The zero-order chi connectivity index (χ0) is 30.0. The van der Waals surface area contributed by atoms with Crippen LogP contribution in [0.2, 0.25) is 0 Å². The summed E-state index contributed by atoms with van der Waals surface area (Å²) in [4.78, 5) is 19.1. The molecule has 0 saturated carbocycles. The summed E-state index contributed by atoms with van der Waals surface area (Å²) in [5.74, 6) is -0.598. The van der Waals surface area contributed by atoms with Gasteiger partial charge in [-0.05, 0) is 55.0 Å². The standard InChI is InChI=1S/C37H29N5O2/c1-25-21-22-31-30(23-25)33(26-13-5-2-6-14-26)35(38-31)36(43)40-39-34-29-19-11-12-20-32(29)42(37(34)44)24-41(27-15-7-3-8-16-27)28-17-9-4-10-18-28/h2-23,38,44H,24H2,1H3. The normalized spacial score (nSPS) is 11.5. The lowest BCUT2D eigenvalue weighted by Crippen LogP contribution is -2.20. The van der Waals surface area contributed by atoms with Crippen molar-refractivity contribution in [1.29, 1.82) is 0 Å². The number of carbonyl (C=O) groups excluding carboxylic acids is 1. The number of nitrogens with one attached hydrogen (secondary N) is 1. The number of rotatable bonds is 7. The van der Waals surface area contributed by atoms with E-state index in [1.807, 2.05) is 134 Å². The van der Waals surface area contributed by atoms with Crippen molar-refractivity contribution in [3.63, 3.8) is 0 Å². The molecule has 7 heteroatoms. The summed E-state index contributed by atoms with van der Waals surface area (Å²) < 4.78 is 1.79. The van der Waals surface area contributed by atoms with Crippen LogP contribution >= 0.6 is 0 Å². The summed E-state index contributed by atoms with van der Waals surface area (Å²) in [6, 6.07) is 43.4. The fourth-order valence-corrected chi connectivity index (χ4v) is 5.70. The molecule has 1 amide bonds. The molecule has 0 aliphatic heterocycles. The number of aryl methyl sites for hydroxylation is 1. The van der Waals surface area contributed by atoms with Crippen LogP contribution in [-0.2, 0) is 6.67 Å². The summed E-state index contributed by atoms with van der Waals surface area (Å²) in [6.45, 7) is 2.33. The molecule has 0 aliphatic carbocycles.